The van der Waals surface area contributed by atoms with Crippen LogP contribution in [0.3, 0.4) is 0 Å². The maximum Gasteiger partial charge on any atom is 0.335 e. The molecule has 78 valence electrons. The Morgan fingerprint density at radius 3 is 1.71 bits per heavy atom. The summed E-state index contributed by atoms with van der Waals surface area (Å²) in [6, 6.07) is 5.70. The summed E-state index contributed by atoms with van der Waals surface area (Å²) in [6.45, 7) is 0. The van der Waals surface area contributed by atoms with Gasteiger partial charge in [0.05, 0.1) is 4.90 Å². The van der Waals surface area contributed by atoms with Crippen LogP contribution in [0.4, 0.5) is 5.69 Å². The van der Waals surface area contributed by atoms with Crippen molar-refractivity contribution in [3.8, 4) is 0 Å². The van der Waals surface area contributed by atoms with Crippen LogP contribution >= 0.6 is 0 Å². The molecule has 0 aliphatic heterocycles. The number of hydrogen-bond donors (Lipinski definition) is 2. The van der Waals surface area contributed by atoms with Gasteiger partial charge in [-0.25, -0.2) is 13.6 Å². The second-order valence-corrected chi connectivity index (χ2v) is 3.88. The first-order valence-corrected chi connectivity index (χ1v) is 5.43. The Bertz CT molecular complexity index is 420. The van der Waals surface area contributed by atoms with Crippen LogP contribution < -0.4 is 10.9 Å². The molecule has 0 unspecified atom stereocenters. The fraction of sp³-hybridized carbons (Fsp3) is 0. The lowest BCUT2D eigenvalue weighted by atomic mass is 10.3. The molecule has 6 nitrogen and oxygen atoms in total. The van der Waals surface area contributed by atoms with Gasteiger partial charge in [-0.15, -0.1) is 0 Å². The summed E-state index contributed by atoms with van der Waals surface area (Å²) in [5.74, 6) is 0. The molecule has 0 atom stereocenters. The minimum atomic E-state index is -3.58. The van der Waals surface area contributed by atoms with Crippen LogP contribution in [0.2, 0.25) is 0 Å². The van der Waals surface area contributed by atoms with Gasteiger partial charge < -0.3 is 5.73 Å². The zero-order valence-corrected chi connectivity index (χ0v) is 8.55. The Balaban J connectivity index is 0.000000500. The topological polar surface area (TPSA) is 120 Å². The molecule has 1 aromatic carbocycles. The maximum absolute atomic E-state index is 10.7. The average molecular weight is 236 g/mol. The molecular formula is C6H8N2O4S2. The lowest BCUT2D eigenvalue weighted by Gasteiger charge is -1.96. The minimum absolute atomic E-state index is 0.0756. The highest BCUT2D eigenvalue weighted by atomic mass is 32.2. The normalized spacial score (nSPS) is 9.79. The smallest absolute Gasteiger partial charge is 0.335 e. The van der Waals surface area contributed by atoms with E-state index in [0.717, 1.165) is 0 Å². The van der Waals surface area contributed by atoms with E-state index in [9.17, 15) is 8.42 Å². The molecule has 0 fully saturated rings. The van der Waals surface area contributed by atoms with Crippen molar-refractivity contribution in [1.82, 2.24) is 0 Å². The highest BCUT2D eigenvalue weighted by molar-refractivity contribution is 7.89. The summed E-state index contributed by atoms with van der Waals surface area (Å²) in [5.41, 5.74) is 5.85. The summed E-state index contributed by atoms with van der Waals surface area (Å²) < 4.78 is 37.9. The summed E-state index contributed by atoms with van der Waals surface area (Å²) in [4.78, 5) is 0.0756. The molecule has 0 bridgehead atoms. The van der Waals surface area contributed by atoms with Crippen molar-refractivity contribution in [1.29, 1.82) is 0 Å². The largest absolute Gasteiger partial charge is 0.399 e. The van der Waals surface area contributed by atoms with Crippen LogP contribution in [0.15, 0.2) is 29.2 Å². The molecule has 0 amide bonds. The van der Waals surface area contributed by atoms with Crippen LogP contribution in [-0.2, 0) is 21.6 Å². The molecule has 0 heterocycles. The standard InChI is InChI=1S/C6H8N2O2S.O2S/c7-5-1-3-6(4-2-5)11(8,9)10;1-3-2/h1-4H,7H2,(H2,8,9,10);. The molecule has 8 heteroatoms. The quantitative estimate of drug-likeness (QED) is 0.621. The zero-order valence-electron chi connectivity index (χ0n) is 6.91. The van der Waals surface area contributed by atoms with Gasteiger partial charge in [-0.05, 0) is 24.3 Å². The number of rotatable bonds is 1. The number of hydrogen-bond acceptors (Lipinski definition) is 5. The van der Waals surface area contributed by atoms with Crippen molar-refractivity contribution in [3.05, 3.63) is 24.3 Å². The average Bonchev–Trinajstić information content (AvgIpc) is 2.04. The van der Waals surface area contributed by atoms with Gasteiger partial charge in [0.15, 0.2) is 0 Å². The highest BCUT2D eigenvalue weighted by Gasteiger charge is 2.04. The number of anilines is 1. The predicted octanol–water partition coefficient (Wildman–Crippen LogP) is -0.754. The molecule has 0 radical (unpaired) electrons. The predicted molar refractivity (Wildman–Crippen MR) is 51.1 cm³/mol. The first kappa shape index (κ1) is 12.8. The summed E-state index contributed by atoms with van der Waals surface area (Å²) in [6.07, 6.45) is 0. The van der Waals surface area contributed by atoms with Gasteiger partial charge in [0.2, 0.25) is 10.0 Å². The second kappa shape index (κ2) is 5.47. The van der Waals surface area contributed by atoms with Crippen LogP contribution in [-0.4, -0.2) is 16.8 Å². The first-order valence-electron chi connectivity index (χ1n) is 3.22. The Hall–Kier alpha value is -1.25. The fourth-order valence-corrected chi connectivity index (χ4v) is 1.17. The molecule has 1 rings (SSSR count). The third kappa shape index (κ3) is 4.70. The molecule has 14 heavy (non-hydrogen) atoms. The molecule has 0 saturated heterocycles. The van der Waals surface area contributed by atoms with E-state index >= 15 is 0 Å². The van der Waals surface area contributed by atoms with E-state index in [0.29, 0.717) is 5.69 Å². The van der Waals surface area contributed by atoms with Crippen molar-refractivity contribution in [2.75, 3.05) is 5.73 Å². The zero-order chi connectivity index (χ0) is 11.2. The molecule has 0 saturated carbocycles. The third-order valence-corrected chi connectivity index (χ3v) is 2.14. The van der Waals surface area contributed by atoms with Gasteiger partial charge >= 0.3 is 11.6 Å². The lowest BCUT2D eigenvalue weighted by Crippen LogP contribution is -2.11. The van der Waals surface area contributed by atoms with Crippen LogP contribution in [0.25, 0.3) is 0 Å². The Morgan fingerprint density at radius 1 is 1.07 bits per heavy atom. The van der Waals surface area contributed by atoms with Gasteiger partial charge in [0.1, 0.15) is 0 Å². The van der Waals surface area contributed by atoms with E-state index in [-0.39, 0.29) is 4.90 Å². The first-order chi connectivity index (χ1) is 6.41. The van der Waals surface area contributed by atoms with Crippen LogP contribution in [0, 0.1) is 0 Å². The number of nitrogen functional groups attached to an aromatic ring is 1. The second-order valence-electron chi connectivity index (χ2n) is 2.18. The van der Waals surface area contributed by atoms with E-state index in [1.54, 1.807) is 0 Å². The molecule has 0 aromatic heterocycles. The maximum atomic E-state index is 10.7. The third-order valence-electron chi connectivity index (χ3n) is 1.21. The van der Waals surface area contributed by atoms with E-state index in [1.165, 1.54) is 24.3 Å². The highest BCUT2D eigenvalue weighted by Crippen LogP contribution is 2.08. The number of primary sulfonamides is 1. The monoisotopic (exact) mass is 236 g/mol. The molecule has 1 aromatic rings. The molecular weight excluding hydrogens is 228 g/mol. The van der Waals surface area contributed by atoms with E-state index in [2.05, 4.69) is 0 Å². The van der Waals surface area contributed by atoms with Crippen molar-refractivity contribution in [2.24, 2.45) is 5.14 Å². The van der Waals surface area contributed by atoms with Crippen molar-refractivity contribution < 1.29 is 16.8 Å². The fourth-order valence-electron chi connectivity index (χ4n) is 0.658. The number of sulfonamides is 1. The minimum Gasteiger partial charge on any atom is -0.399 e. The summed E-state index contributed by atoms with van der Waals surface area (Å²) in [5, 5.41) is 4.84. The van der Waals surface area contributed by atoms with E-state index in [4.69, 9.17) is 19.3 Å². The Labute approximate surface area is 84.6 Å². The van der Waals surface area contributed by atoms with Gasteiger partial charge in [0.25, 0.3) is 0 Å². The summed E-state index contributed by atoms with van der Waals surface area (Å²) >= 11 is -0.750. The molecule has 0 spiro atoms. The van der Waals surface area contributed by atoms with Crippen molar-refractivity contribution >= 4 is 27.3 Å². The SMILES string of the molecule is Nc1ccc(S(N)(=O)=O)cc1.O=S=O. The molecule has 0 aliphatic carbocycles. The van der Waals surface area contributed by atoms with Gasteiger partial charge in [-0.3, -0.25) is 0 Å². The lowest BCUT2D eigenvalue weighted by molar-refractivity contribution is 0.598. The van der Waals surface area contributed by atoms with Gasteiger partial charge in [0, 0.05) is 5.69 Å². The summed E-state index contributed by atoms with van der Waals surface area (Å²) in [7, 11) is -3.58. The van der Waals surface area contributed by atoms with Crippen LogP contribution in [0.1, 0.15) is 0 Å². The van der Waals surface area contributed by atoms with E-state index < -0.39 is 21.6 Å². The Morgan fingerprint density at radius 2 is 1.43 bits per heavy atom. The van der Waals surface area contributed by atoms with Crippen LogP contribution in [0.5, 0.6) is 0 Å². The molecule has 0 aliphatic rings. The number of nitrogens with two attached hydrogens (primary N) is 2. The van der Waals surface area contributed by atoms with Gasteiger partial charge in [-0.2, -0.15) is 8.42 Å². The van der Waals surface area contributed by atoms with Gasteiger partial charge in [-0.1, -0.05) is 0 Å². The number of benzene rings is 1. The van der Waals surface area contributed by atoms with Crippen molar-refractivity contribution in [3.63, 3.8) is 0 Å². The van der Waals surface area contributed by atoms with E-state index in [1.807, 2.05) is 0 Å². The van der Waals surface area contributed by atoms with Crippen molar-refractivity contribution in [2.45, 2.75) is 4.90 Å². The molecule has 4 N–H and O–H groups in total. The Kier molecular flexibility index (Phi) is 4.99.